The normalized spacial score (nSPS) is 10.6. The molecule has 0 spiro atoms. The number of ether oxygens (including phenoxy) is 1. The van der Waals surface area contributed by atoms with Crippen LogP contribution in [0.3, 0.4) is 0 Å². The van der Waals surface area contributed by atoms with Crippen LogP contribution in [0.2, 0.25) is 0 Å². The van der Waals surface area contributed by atoms with E-state index in [1.807, 2.05) is 0 Å². The molecule has 0 bridgehead atoms. The molecule has 0 aliphatic rings. The average Bonchev–Trinajstić information content (AvgIpc) is 2.40. The number of hydrogen-bond donors (Lipinski definition) is 2. The third-order valence-corrected chi connectivity index (χ3v) is 2.59. The molecule has 1 aromatic rings. The summed E-state index contributed by atoms with van der Waals surface area (Å²) in [7, 11) is 0. The molecule has 0 fully saturated rings. The number of carbonyl (C=O) groups excluding carboxylic acids is 1. The molecule has 0 atom stereocenters. The zero-order valence-electron chi connectivity index (χ0n) is 11.5. The van der Waals surface area contributed by atoms with E-state index < -0.39 is 6.61 Å². The van der Waals surface area contributed by atoms with E-state index in [0.717, 1.165) is 13.0 Å². The van der Waals surface area contributed by atoms with Gasteiger partial charge in [-0.2, -0.15) is 8.78 Å². The molecule has 1 aromatic carbocycles. The molecule has 0 heterocycles. The van der Waals surface area contributed by atoms with Crippen LogP contribution in [-0.4, -0.2) is 32.2 Å². The fraction of sp³-hybridized carbons (Fsp3) is 0.500. The molecule has 1 amide bonds. The molecule has 6 heteroatoms. The number of carbonyl (C=O) groups is 1. The lowest BCUT2D eigenvalue weighted by molar-refractivity contribution is -0.120. The second-order valence-corrected chi connectivity index (χ2v) is 4.26. The van der Waals surface area contributed by atoms with Gasteiger partial charge in [-0.25, -0.2) is 0 Å². The lowest BCUT2D eigenvalue weighted by Gasteiger charge is -2.11. The number of rotatable bonds is 9. The molecule has 0 saturated carbocycles. The summed E-state index contributed by atoms with van der Waals surface area (Å²) < 4.78 is 28.8. The summed E-state index contributed by atoms with van der Waals surface area (Å²) in [6, 6.07) is 6.31. The summed E-state index contributed by atoms with van der Waals surface area (Å²) in [5.74, 6) is -0.171. The van der Waals surface area contributed by atoms with Gasteiger partial charge in [0.05, 0.1) is 6.42 Å². The fourth-order valence-corrected chi connectivity index (χ4v) is 1.69. The molecule has 4 nitrogen and oxygen atoms in total. The maximum atomic E-state index is 12.2. The highest BCUT2D eigenvalue weighted by Gasteiger charge is 2.11. The molecular weight excluding hydrogens is 266 g/mol. The Morgan fingerprint density at radius 3 is 2.70 bits per heavy atom. The second-order valence-electron chi connectivity index (χ2n) is 4.26. The SMILES string of the molecule is CCCNCCNC(=O)Cc1ccccc1OC(F)F. The zero-order chi connectivity index (χ0) is 14.8. The summed E-state index contributed by atoms with van der Waals surface area (Å²) in [6.45, 7) is 1.27. The Morgan fingerprint density at radius 1 is 1.25 bits per heavy atom. The van der Waals surface area contributed by atoms with Gasteiger partial charge in [-0.1, -0.05) is 25.1 Å². The number of halogens is 2. The lowest BCUT2D eigenvalue weighted by atomic mass is 10.1. The highest BCUT2D eigenvalue weighted by molar-refractivity contribution is 5.79. The van der Waals surface area contributed by atoms with Crippen molar-refractivity contribution in [3.63, 3.8) is 0 Å². The number of nitrogens with one attached hydrogen (secondary N) is 2. The van der Waals surface area contributed by atoms with Crippen LogP contribution < -0.4 is 15.4 Å². The van der Waals surface area contributed by atoms with Gasteiger partial charge in [-0.05, 0) is 19.0 Å². The molecule has 0 radical (unpaired) electrons. The standard InChI is InChI=1S/C14H20F2N2O2/c1-2-7-17-8-9-18-13(19)10-11-5-3-4-6-12(11)20-14(15)16/h3-6,14,17H,2,7-10H2,1H3,(H,18,19). The Kier molecular flexibility index (Phi) is 7.57. The van der Waals surface area contributed by atoms with Crippen LogP contribution in [0, 0.1) is 0 Å². The number of amides is 1. The van der Waals surface area contributed by atoms with Gasteiger partial charge in [0.25, 0.3) is 0 Å². The summed E-state index contributed by atoms with van der Waals surface area (Å²) in [6.07, 6.45) is 1.06. The quantitative estimate of drug-likeness (QED) is 0.682. The van der Waals surface area contributed by atoms with Gasteiger partial charge in [-0.3, -0.25) is 4.79 Å². The highest BCUT2D eigenvalue weighted by Crippen LogP contribution is 2.20. The van der Waals surface area contributed by atoms with Crippen molar-refractivity contribution in [1.29, 1.82) is 0 Å². The minimum absolute atomic E-state index is 0.0245. The first kappa shape index (κ1) is 16.4. The highest BCUT2D eigenvalue weighted by atomic mass is 19.3. The predicted octanol–water partition coefficient (Wildman–Crippen LogP) is 1.95. The molecule has 20 heavy (non-hydrogen) atoms. The third-order valence-electron chi connectivity index (χ3n) is 2.59. The molecule has 1 rings (SSSR count). The summed E-state index contributed by atoms with van der Waals surface area (Å²) >= 11 is 0. The van der Waals surface area contributed by atoms with E-state index in [9.17, 15) is 13.6 Å². The van der Waals surface area contributed by atoms with Crippen molar-refractivity contribution in [2.24, 2.45) is 0 Å². The van der Waals surface area contributed by atoms with Crippen LogP contribution >= 0.6 is 0 Å². The Balaban J connectivity index is 2.41. The number of benzene rings is 1. The average molecular weight is 286 g/mol. The van der Waals surface area contributed by atoms with E-state index >= 15 is 0 Å². The van der Waals surface area contributed by atoms with Crippen LogP contribution in [0.25, 0.3) is 0 Å². The van der Waals surface area contributed by atoms with Gasteiger partial charge >= 0.3 is 6.61 Å². The van der Waals surface area contributed by atoms with E-state index in [1.165, 1.54) is 6.07 Å². The Morgan fingerprint density at radius 2 is 2.00 bits per heavy atom. The minimum Gasteiger partial charge on any atom is -0.435 e. The van der Waals surface area contributed by atoms with E-state index in [2.05, 4.69) is 22.3 Å². The first-order chi connectivity index (χ1) is 9.63. The van der Waals surface area contributed by atoms with Crippen LogP contribution in [0.1, 0.15) is 18.9 Å². The van der Waals surface area contributed by atoms with Gasteiger partial charge in [0.1, 0.15) is 5.75 Å². The monoisotopic (exact) mass is 286 g/mol. The van der Waals surface area contributed by atoms with Crippen molar-refractivity contribution >= 4 is 5.91 Å². The van der Waals surface area contributed by atoms with Crippen molar-refractivity contribution in [3.05, 3.63) is 29.8 Å². The smallest absolute Gasteiger partial charge is 0.387 e. The molecule has 0 unspecified atom stereocenters. The van der Waals surface area contributed by atoms with Crippen molar-refractivity contribution in [1.82, 2.24) is 10.6 Å². The molecule has 112 valence electrons. The minimum atomic E-state index is -2.89. The first-order valence-corrected chi connectivity index (χ1v) is 6.63. The van der Waals surface area contributed by atoms with Crippen LogP contribution in [-0.2, 0) is 11.2 Å². The van der Waals surface area contributed by atoms with Gasteiger partial charge < -0.3 is 15.4 Å². The molecule has 0 aliphatic carbocycles. The molecule has 0 aromatic heterocycles. The second kappa shape index (κ2) is 9.25. The number of alkyl halides is 2. The van der Waals surface area contributed by atoms with Crippen molar-refractivity contribution in [3.8, 4) is 5.75 Å². The van der Waals surface area contributed by atoms with E-state index in [4.69, 9.17) is 0 Å². The summed E-state index contributed by atoms with van der Waals surface area (Å²) in [4.78, 5) is 11.7. The Bertz CT molecular complexity index is 414. The topological polar surface area (TPSA) is 50.4 Å². The summed E-state index contributed by atoms with van der Waals surface area (Å²) in [5.41, 5.74) is 0.451. The number of hydrogen-bond acceptors (Lipinski definition) is 3. The Hall–Kier alpha value is -1.69. The van der Waals surface area contributed by atoms with Crippen LogP contribution in [0.15, 0.2) is 24.3 Å². The van der Waals surface area contributed by atoms with Gasteiger partial charge in [0.2, 0.25) is 5.91 Å². The van der Waals surface area contributed by atoms with Crippen molar-refractivity contribution in [2.45, 2.75) is 26.4 Å². The zero-order valence-corrected chi connectivity index (χ0v) is 11.5. The first-order valence-electron chi connectivity index (χ1n) is 6.63. The van der Waals surface area contributed by atoms with Gasteiger partial charge in [0.15, 0.2) is 0 Å². The fourth-order valence-electron chi connectivity index (χ4n) is 1.69. The largest absolute Gasteiger partial charge is 0.435 e. The molecule has 0 saturated heterocycles. The van der Waals surface area contributed by atoms with Gasteiger partial charge in [0, 0.05) is 18.7 Å². The van der Waals surface area contributed by atoms with E-state index in [0.29, 0.717) is 18.7 Å². The van der Waals surface area contributed by atoms with Crippen LogP contribution in [0.5, 0.6) is 5.75 Å². The maximum Gasteiger partial charge on any atom is 0.387 e. The van der Waals surface area contributed by atoms with Crippen LogP contribution in [0.4, 0.5) is 8.78 Å². The van der Waals surface area contributed by atoms with Gasteiger partial charge in [-0.15, -0.1) is 0 Å². The third kappa shape index (κ3) is 6.47. The van der Waals surface area contributed by atoms with Crippen molar-refractivity contribution < 1.29 is 18.3 Å². The molecular formula is C14H20F2N2O2. The van der Waals surface area contributed by atoms with Crippen molar-refractivity contribution in [2.75, 3.05) is 19.6 Å². The van der Waals surface area contributed by atoms with E-state index in [1.54, 1.807) is 18.2 Å². The lowest BCUT2D eigenvalue weighted by Crippen LogP contribution is -2.33. The predicted molar refractivity (Wildman–Crippen MR) is 72.9 cm³/mol. The Labute approximate surface area is 117 Å². The summed E-state index contributed by atoms with van der Waals surface area (Å²) in [5, 5.41) is 5.88. The molecule has 0 aliphatic heterocycles. The maximum absolute atomic E-state index is 12.2. The van der Waals surface area contributed by atoms with E-state index in [-0.39, 0.29) is 18.1 Å². The molecule has 2 N–H and O–H groups in total. The number of para-hydroxylation sites is 1.